The van der Waals surface area contributed by atoms with Crippen LogP contribution in [-0.2, 0) is 9.53 Å². The van der Waals surface area contributed by atoms with Crippen molar-refractivity contribution in [2.75, 3.05) is 46.9 Å². The number of hydrogen-bond donors (Lipinski definition) is 2. The van der Waals surface area contributed by atoms with Gasteiger partial charge in [-0.3, -0.25) is 0 Å². The average Bonchev–Trinajstić information content (AvgIpc) is 2.78. The van der Waals surface area contributed by atoms with Crippen LogP contribution in [0.5, 0.6) is 0 Å². The first-order valence-electron chi connectivity index (χ1n) is 8.19. The molecule has 2 N–H and O–H groups in total. The molecule has 0 radical (unpaired) electrons. The van der Waals surface area contributed by atoms with Crippen LogP contribution in [0.2, 0.25) is 0 Å². The van der Waals surface area contributed by atoms with E-state index in [0.29, 0.717) is 17.1 Å². The highest BCUT2D eigenvalue weighted by Gasteiger charge is 2.19. The first kappa shape index (κ1) is 20.6. The second-order valence-corrected chi connectivity index (χ2v) is 6.66. The largest absolute Gasteiger partial charge is 0.496 e. The van der Waals surface area contributed by atoms with Crippen molar-refractivity contribution in [2.24, 2.45) is 0 Å². The van der Waals surface area contributed by atoms with E-state index in [0.717, 1.165) is 38.4 Å². The average molecular weight is 356 g/mol. The van der Waals surface area contributed by atoms with E-state index in [1.807, 2.05) is 7.05 Å². The van der Waals surface area contributed by atoms with Crippen molar-refractivity contribution in [1.29, 1.82) is 0 Å². The molecule has 7 heteroatoms. The van der Waals surface area contributed by atoms with Crippen molar-refractivity contribution in [3.05, 3.63) is 34.6 Å². The lowest BCUT2D eigenvalue weighted by atomic mass is 10.1. The molecule has 1 rings (SSSR count). The number of nitrogens with one attached hydrogen (secondary N) is 1. The predicted molar refractivity (Wildman–Crippen MR) is 99.5 cm³/mol. The second-order valence-electron chi connectivity index (χ2n) is 5.52. The number of nitrogens with zero attached hydrogens (tertiary/aromatic N) is 2. The highest BCUT2D eigenvalue weighted by atomic mass is 32.2. The quantitative estimate of drug-likeness (QED) is 0.300. The van der Waals surface area contributed by atoms with Gasteiger partial charge in [0.2, 0.25) is 0 Å². The lowest BCUT2D eigenvalue weighted by Crippen LogP contribution is -2.24. The molecule has 0 aliphatic carbocycles. The van der Waals surface area contributed by atoms with Gasteiger partial charge in [0.05, 0.1) is 17.6 Å². The Morgan fingerprint density at radius 2 is 2.12 bits per heavy atom. The summed E-state index contributed by atoms with van der Waals surface area (Å²) in [4.78, 5) is 14.7. The molecule has 24 heavy (non-hydrogen) atoms. The summed E-state index contributed by atoms with van der Waals surface area (Å²) >= 11 is 1.47. The summed E-state index contributed by atoms with van der Waals surface area (Å²) in [7, 11) is 3.58. The number of carboxylic acids is 1. The molecule has 1 aliphatic rings. The van der Waals surface area contributed by atoms with Crippen molar-refractivity contribution in [2.45, 2.75) is 20.3 Å². The third-order valence-electron chi connectivity index (χ3n) is 3.86. The minimum absolute atomic E-state index is 0.276. The van der Waals surface area contributed by atoms with Gasteiger partial charge in [0.15, 0.2) is 0 Å². The second kappa shape index (κ2) is 10.4. The molecule has 1 saturated heterocycles. The molecule has 0 amide bonds. The molecule has 6 nitrogen and oxygen atoms in total. The number of carboxylic acid groups (broad SMARTS) is 1. The SMILES string of the molecule is C=C(OC)/C(=C\C(C(=O)O)=C1/CCN(C)CCN1)SN(CC)CC. The third-order valence-corrected chi connectivity index (χ3v) is 5.18. The molecule has 0 atom stereocenters. The van der Waals surface area contributed by atoms with Crippen LogP contribution in [-0.4, -0.2) is 67.2 Å². The summed E-state index contributed by atoms with van der Waals surface area (Å²) in [6, 6.07) is 0. The summed E-state index contributed by atoms with van der Waals surface area (Å²) in [5, 5.41) is 12.9. The van der Waals surface area contributed by atoms with Crippen LogP contribution < -0.4 is 5.32 Å². The van der Waals surface area contributed by atoms with Crippen LogP contribution in [0.15, 0.2) is 34.6 Å². The number of rotatable bonds is 8. The molecule has 1 aliphatic heterocycles. The van der Waals surface area contributed by atoms with Crippen molar-refractivity contribution >= 4 is 17.9 Å². The van der Waals surface area contributed by atoms with Gasteiger partial charge in [-0.05, 0) is 25.1 Å². The summed E-state index contributed by atoms with van der Waals surface area (Å²) in [6.07, 6.45) is 2.35. The molecule has 1 heterocycles. The molecule has 0 unspecified atom stereocenters. The van der Waals surface area contributed by atoms with Gasteiger partial charge in [-0.25, -0.2) is 9.10 Å². The van der Waals surface area contributed by atoms with E-state index in [9.17, 15) is 9.90 Å². The summed E-state index contributed by atoms with van der Waals surface area (Å²) < 4.78 is 7.38. The summed E-state index contributed by atoms with van der Waals surface area (Å²) in [5.41, 5.74) is 1.03. The van der Waals surface area contributed by atoms with Gasteiger partial charge < -0.3 is 20.1 Å². The van der Waals surface area contributed by atoms with E-state index in [4.69, 9.17) is 4.74 Å². The number of likely N-dealkylation sites (N-methyl/N-ethyl adjacent to an activating group) is 1. The highest BCUT2D eigenvalue weighted by Crippen LogP contribution is 2.29. The Hall–Kier alpha value is -1.44. The minimum Gasteiger partial charge on any atom is -0.496 e. The van der Waals surface area contributed by atoms with E-state index < -0.39 is 5.97 Å². The molecule has 0 aromatic rings. The lowest BCUT2D eigenvalue weighted by molar-refractivity contribution is -0.132. The van der Waals surface area contributed by atoms with E-state index in [1.165, 1.54) is 11.9 Å². The van der Waals surface area contributed by atoms with Crippen molar-refractivity contribution in [1.82, 2.24) is 14.5 Å². The molecule has 0 spiro atoms. The molecule has 1 fully saturated rings. The Bertz CT molecular complexity index is 513. The predicted octanol–water partition coefficient (Wildman–Crippen LogP) is 2.28. The number of aliphatic carboxylic acids is 1. The zero-order valence-electron chi connectivity index (χ0n) is 15.1. The first-order valence-corrected chi connectivity index (χ1v) is 8.96. The maximum atomic E-state index is 11.8. The van der Waals surface area contributed by atoms with E-state index in [-0.39, 0.29) is 5.57 Å². The number of carbonyl (C=O) groups is 1. The van der Waals surface area contributed by atoms with Crippen molar-refractivity contribution < 1.29 is 14.6 Å². The fourth-order valence-electron chi connectivity index (χ4n) is 2.29. The standard InChI is InChI=1S/C17H29N3O3S/c1-6-20(7-2)24-16(13(3)23-5)12-14(17(21)22)15-8-10-19(4)11-9-18-15/h12,18H,3,6-11H2,1-2,4-5H3,(H,21,22)/b15-14-,16-12+. The van der Waals surface area contributed by atoms with Gasteiger partial charge in [0, 0.05) is 44.8 Å². The Labute approximate surface area is 149 Å². The normalized spacial score (nSPS) is 18.8. The molecular weight excluding hydrogens is 326 g/mol. The molecule has 0 aromatic heterocycles. The van der Waals surface area contributed by atoms with Gasteiger partial charge in [0.1, 0.15) is 5.76 Å². The van der Waals surface area contributed by atoms with Gasteiger partial charge in [-0.1, -0.05) is 20.4 Å². The molecule has 136 valence electrons. The zero-order chi connectivity index (χ0) is 18.1. The number of hydrogen-bond acceptors (Lipinski definition) is 6. The Morgan fingerprint density at radius 3 is 2.67 bits per heavy atom. The van der Waals surface area contributed by atoms with Gasteiger partial charge in [0.25, 0.3) is 0 Å². The van der Waals surface area contributed by atoms with Gasteiger partial charge >= 0.3 is 5.97 Å². The molecule has 0 aromatic carbocycles. The van der Waals surface area contributed by atoms with Gasteiger partial charge in [-0.15, -0.1) is 0 Å². The van der Waals surface area contributed by atoms with Crippen LogP contribution in [0.4, 0.5) is 0 Å². The Balaban J connectivity index is 3.20. The number of ether oxygens (including phenoxy) is 1. The highest BCUT2D eigenvalue weighted by molar-refractivity contribution is 8.01. The van der Waals surface area contributed by atoms with E-state index in [1.54, 1.807) is 13.2 Å². The fourth-order valence-corrected chi connectivity index (χ4v) is 3.18. The Kier molecular flexibility index (Phi) is 8.95. The topological polar surface area (TPSA) is 65.0 Å². The smallest absolute Gasteiger partial charge is 0.337 e. The monoisotopic (exact) mass is 355 g/mol. The maximum Gasteiger partial charge on any atom is 0.337 e. The lowest BCUT2D eigenvalue weighted by Gasteiger charge is -2.20. The van der Waals surface area contributed by atoms with Crippen LogP contribution >= 0.6 is 11.9 Å². The zero-order valence-corrected chi connectivity index (χ0v) is 15.9. The van der Waals surface area contributed by atoms with Crippen LogP contribution in [0, 0.1) is 0 Å². The van der Waals surface area contributed by atoms with Gasteiger partial charge in [-0.2, -0.15) is 0 Å². The minimum atomic E-state index is -0.941. The van der Waals surface area contributed by atoms with Crippen molar-refractivity contribution in [3.8, 4) is 0 Å². The number of methoxy groups -OCH3 is 1. The van der Waals surface area contributed by atoms with Crippen LogP contribution in [0.1, 0.15) is 20.3 Å². The summed E-state index contributed by atoms with van der Waals surface area (Å²) in [6.45, 7) is 12.2. The van der Waals surface area contributed by atoms with Crippen LogP contribution in [0.25, 0.3) is 0 Å². The Morgan fingerprint density at radius 1 is 1.46 bits per heavy atom. The fraction of sp³-hybridized carbons (Fsp3) is 0.588. The van der Waals surface area contributed by atoms with Crippen molar-refractivity contribution in [3.63, 3.8) is 0 Å². The molecule has 0 bridgehead atoms. The van der Waals surface area contributed by atoms with E-state index in [2.05, 4.69) is 34.9 Å². The first-order chi connectivity index (χ1) is 11.4. The summed E-state index contributed by atoms with van der Waals surface area (Å²) in [5.74, 6) is -0.472. The third kappa shape index (κ3) is 6.22. The molecule has 0 saturated carbocycles. The van der Waals surface area contributed by atoms with Crippen LogP contribution in [0.3, 0.4) is 0 Å². The van der Waals surface area contributed by atoms with E-state index >= 15 is 0 Å². The maximum absolute atomic E-state index is 11.8. The molecular formula is C17H29N3O3S.